The highest BCUT2D eigenvalue weighted by Crippen LogP contribution is 2.39. The van der Waals surface area contributed by atoms with Crippen molar-refractivity contribution >= 4 is 23.3 Å². The van der Waals surface area contributed by atoms with Gasteiger partial charge in [-0.15, -0.1) is 0 Å². The number of aliphatic carboxylic acids is 1. The molecule has 1 N–H and O–H groups in total. The number of aryl methyl sites for hydroxylation is 1. The number of hydrogen-bond acceptors (Lipinski definition) is 5. The van der Waals surface area contributed by atoms with E-state index in [1.165, 1.54) is 0 Å². The molecular weight excluding hydrogens is 420 g/mol. The summed E-state index contributed by atoms with van der Waals surface area (Å²) in [5.41, 5.74) is 3.38. The third-order valence-corrected chi connectivity index (χ3v) is 5.46. The van der Waals surface area contributed by atoms with Gasteiger partial charge in [-0.2, -0.15) is 0 Å². The Hall–Kier alpha value is -4.00. The van der Waals surface area contributed by atoms with Crippen LogP contribution in [0, 0.1) is 6.92 Å². The van der Waals surface area contributed by atoms with Gasteiger partial charge in [0.2, 0.25) is 0 Å². The number of nitrogens with zero attached hydrogens (tertiary/aromatic N) is 2. The minimum Gasteiger partial charge on any atom is -0.486 e. The van der Waals surface area contributed by atoms with E-state index in [0.29, 0.717) is 43.3 Å². The molecule has 170 valence electrons. The topological polar surface area (TPSA) is 79.3 Å². The summed E-state index contributed by atoms with van der Waals surface area (Å²) in [6.07, 6.45) is 0. The van der Waals surface area contributed by atoms with Gasteiger partial charge in [0, 0.05) is 24.3 Å². The average Bonchev–Trinajstić information content (AvgIpc) is 2.84. The van der Waals surface area contributed by atoms with E-state index < -0.39 is 12.6 Å². The fourth-order valence-corrected chi connectivity index (χ4v) is 3.79. The lowest BCUT2D eigenvalue weighted by Gasteiger charge is -2.34. The van der Waals surface area contributed by atoms with Crippen molar-refractivity contribution in [2.45, 2.75) is 6.92 Å². The number of anilines is 2. The van der Waals surface area contributed by atoms with Gasteiger partial charge in [-0.05, 0) is 43.3 Å². The Bertz CT molecular complexity index is 1120. The van der Waals surface area contributed by atoms with E-state index in [-0.39, 0.29) is 5.91 Å². The Morgan fingerprint density at radius 3 is 2.52 bits per heavy atom. The predicted molar refractivity (Wildman–Crippen MR) is 127 cm³/mol. The van der Waals surface area contributed by atoms with Crippen molar-refractivity contribution in [3.63, 3.8) is 0 Å². The average molecular weight is 447 g/mol. The Balaban J connectivity index is 1.55. The quantitative estimate of drug-likeness (QED) is 0.563. The molecule has 3 aromatic carbocycles. The van der Waals surface area contributed by atoms with Gasteiger partial charge in [0.1, 0.15) is 6.61 Å². The molecule has 1 aliphatic heterocycles. The number of carboxylic acids is 1. The lowest BCUT2D eigenvalue weighted by Crippen LogP contribution is -2.41. The van der Waals surface area contributed by atoms with Crippen molar-refractivity contribution in [1.29, 1.82) is 0 Å². The Morgan fingerprint density at radius 2 is 1.79 bits per heavy atom. The molecule has 0 spiro atoms. The molecular formula is C26H26N2O5. The van der Waals surface area contributed by atoms with Gasteiger partial charge in [-0.3, -0.25) is 4.79 Å². The number of para-hydroxylation sites is 2. The molecule has 0 saturated carbocycles. The van der Waals surface area contributed by atoms with Crippen LogP contribution in [0.4, 0.5) is 11.4 Å². The highest BCUT2D eigenvalue weighted by Gasteiger charge is 2.24. The summed E-state index contributed by atoms with van der Waals surface area (Å²) >= 11 is 0. The van der Waals surface area contributed by atoms with Crippen LogP contribution in [0.15, 0.2) is 72.8 Å². The van der Waals surface area contributed by atoms with E-state index in [1.807, 2.05) is 73.7 Å². The first-order valence-electron chi connectivity index (χ1n) is 10.8. The van der Waals surface area contributed by atoms with Crippen LogP contribution >= 0.6 is 0 Å². The van der Waals surface area contributed by atoms with E-state index >= 15 is 0 Å². The van der Waals surface area contributed by atoms with Crippen molar-refractivity contribution in [2.75, 3.05) is 42.6 Å². The van der Waals surface area contributed by atoms with Crippen LogP contribution in [0.3, 0.4) is 0 Å². The fourth-order valence-electron chi connectivity index (χ4n) is 3.79. The van der Waals surface area contributed by atoms with Crippen LogP contribution in [-0.4, -0.2) is 49.8 Å². The molecule has 0 saturated heterocycles. The molecule has 1 heterocycles. The highest BCUT2D eigenvalue weighted by molar-refractivity contribution is 6.06. The van der Waals surface area contributed by atoms with Crippen LogP contribution in [-0.2, 0) is 4.79 Å². The Kier molecular flexibility index (Phi) is 6.78. The van der Waals surface area contributed by atoms with Crippen molar-refractivity contribution in [3.05, 3.63) is 83.9 Å². The van der Waals surface area contributed by atoms with Crippen molar-refractivity contribution in [2.24, 2.45) is 0 Å². The molecule has 1 aliphatic rings. The Morgan fingerprint density at radius 1 is 1.03 bits per heavy atom. The molecule has 0 aliphatic carbocycles. The number of hydrogen-bond donors (Lipinski definition) is 1. The first kappa shape index (κ1) is 22.2. The maximum atomic E-state index is 13.4. The normalized spacial score (nSPS) is 12.5. The van der Waals surface area contributed by atoms with Crippen LogP contribution in [0.2, 0.25) is 0 Å². The summed E-state index contributed by atoms with van der Waals surface area (Å²) in [6, 6.07) is 22.6. The second kappa shape index (κ2) is 10.1. The third kappa shape index (κ3) is 5.26. The lowest BCUT2D eigenvalue weighted by atomic mass is 10.1. The number of carboxylic acid groups (broad SMARTS) is 1. The van der Waals surface area contributed by atoms with E-state index in [2.05, 4.69) is 4.90 Å². The van der Waals surface area contributed by atoms with E-state index in [0.717, 1.165) is 16.9 Å². The van der Waals surface area contributed by atoms with Gasteiger partial charge in [0.15, 0.2) is 18.1 Å². The second-order valence-electron chi connectivity index (χ2n) is 7.78. The SMILES string of the molecule is Cc1ccc(C(=O)N(CCN2CCOc3c(OCC(=O)O)cccc32)c2ccccc2)cc1. The number of carbonyl (C=O) groups excluding carboxylic acids is 1. The highest BCUT2D eigenvalue weighted by atomic mass is 16.5. The minimum atomic E-state index is -1.05. The van der Waals surface area contributed by atoms with Crippen LogP contribution in [0.5, 0.6) is 11.5 Å². The standard InChI is InChI=1S/C26H26N2O5/c1-19-10-12-20(13-11-19)26(31)28(21-6-3-2-4-7-21)15-14-27-16-17-32-25-22(27)8-5-9-23(25)33-18-24(29)30/h2-13H,14-18H2,1H3,(H,29,30). The zero-order valence-electron chi connectivity index (χ0n) is 18.4. The summed E-state index contributed by atoms with van der Waals surface area (Å²) in [5, 5.41) is 8.93. The smallest absolute Gasteiger partial charge is 0.341 e. The van der Waals surface area contributed by atoms with Crippen molar-refractivity contribution < 1.29 is 24.2 Å². The van der Waals surface area contributed by atoms with E-state index in [1.54, 1.807) is 11.0 Å². The molecule has 0 radical (unpaired) electrons. The van der Waals surface area contributed by atoms with Gasteiger partial charge < -0.3 is 24.4 Å². The molecule has 7 heteroatoms. The van der Waals surface area contributed by atoms with Gasteiger partial charge in [-0.1, -0.05) is 42.0 Å². The van der Waals surface area contributed by atoms with Crippen LogP contribution < -0.4 is 19.3 Å². The van der Waals surface area contributed by atoms with Crippen molar-refractivity contribution in [3.8, 4) is 11.5 Å². The minimum absolute atomic E-state index is 0.0618. The first-order valence-corrected chi connectivity index (χ1v) is 10.8. The maximum absolute atomic E-state index is 13.4. The van der Waals surface area contributed by atoms with Crippen LogP contribution in [0.25, 0.3) is 0 Å². The number of benzene rings is 3. The number of carbonyl (C=O) groups is 2. The summed E-state index contributed by atoms with van der Waals surface area (Å²) in [5.74, 6) is -0.182. The number of amides is 1. The monoisotopic (exact) mass is 446 g/mol. The zero-order chi connectivity index (χ0) is 23.2. The second-order valence-corrected chi connectivity index (χ2v) is 7.78. The molecule has 0 aromatic heterocycles. The molecule has 3 aromatic rings. The molecule has 33 heavy (non-hydrogen) atoms. The summed E-state index contributed by atoms with van der Waals surface area (Å²) in [4.78, 5) is 28.2. The number of ether oxygens (including phenoxy) is 2. The number of rotatable bonds is 8. The van der Waals surface area contributed by atoms with E-state index in [9.17, 15) is 9.59 Å². The molecule has 7 nitrogen and oxygen atoms in total. The third-order valence-electron chi connectivity index (χ3n) is 5.46. The lowest BCUT2D eigenvalue weighted by molar-refractivity contribution is -0.139. The molecule has 0 unspecified atom stereocenters. The molecule has 0 fully saturated rings. The van der Waals surface area contributed by atoms with E-state index in [4.69, 9.17) is 14.6 Å². The summed E-state index contributed by atoms with van der Waals surface area (Å²) in [7, 11) is 0. The van der Waals surface area contributed by atoms with Gasteiger partial charge in [0.05, 0.1) is 12.2 Å². The summed E-state index contributed by atoms with van der Waals surface area (Å²) in [6.45, 7) is 3.69. The van der Waals surface area contributed by atoms with Gasteiger partial charge in [0.25, 0.3) is 5.91 Å². The fraction of sp³-hybridized carbons (Fsp3) is 0.231. The zero-order valence-corrected chi connectivity index (χ0v) is 18.4. The van der Waals surface area contributed by atoms with Crippen LogP contribution in [0.1, 0.15) is 15.9 Å². The number of fused-ring (bicyclic) bond motifs is 1. The molecule has 4 rings (SSSR count). The summed E-state index contributed by atoms with van der Waals surface area (Å²) < 4.78 is 11.2. The van der Waals surface area contributed by atoms with Crippen molar-refractivity contribution in [1.82, 2.24) is 0 Å². The Labute approximate surface area is 192 Å². The molecule has 0 bridgehead atoms. The van der Waals surface area contributed by atoms with Gasteiger partial charge >= 0.3 is 5.97 Å². The first-order chi connectivity index (χ1) is 16.0. The predicted octanol–water partition coefficient (Wildman–Crippen LogP) is 4.00. The molecule has 0 atom stereocenters. The van der Waals surface area contributed by atoms with Gasteiger partial charge in [-0.25, -0.2) is 4.79 Å². The largest absolute Gasteiger partial charge is 0.486 e. The maximum Gasteiger partial charge on any atom is 0.341 e. The molecule has 1 amide bonds.